The summed E-state index contributed by atoms with van der Waals surface area (Å²) in [6.45, 7) is 1.38. The zero-order valence-corrected chi connectivity index (χ0v) is 8.52. The van der Waals surface area contributed by atoms with Crippen molar-refractivity contribution in [3.63, 3.8) is 0 Å². The smallest absolute Gasteiger partial charge is 0.0991 e. The number of rotatable bonds is 5. The molecule has 0 radical (unpaired) electrons. The van der Waals surface area contributed by atoms with E-state index in [1.807, 2.05) is 12.1 Å². The maximum absolute atomic E-state index is 8.60. The van der Waals surface area contributed by atoms with E-state index in [4.69, 9.17) is 21.5 Å². The molecule has 80 valence electrons. The van der Waals surface area contributed by atoms with E-state index in [2.05, 4.69) is 6.07 Å². The van der Waals surface area contributed by atoms with E-state index in [1.165, 1.54) is 0 Å². The molecular weight excluding hydrogens is 190 g/mol. The Morgan fingerprint density at radius 3 is 2.53 bits per heavy atom. The number of nitrogens with zero attached hydrogens (tertiary/aromatic N) is 1. The fourth-order valence-corrected chi connectivity index (χ4v) is 1.07. The molecule has 1 atom stereocenters. The number of benzene rings is 1. The summed E-state index contributed by atoms with van der Waals surface area (Å²) in [5, 5.41) is 8.60. The minimum Gasteiger partial charge on any atom is -0.375 e. The van der Waals surface area contributed by atoms with Crippen LogP contribution in [0.25, 0.3) is 0 Å². The first-order valence-electron chi connectivity index (χ1n) is 4.78. The summed E-state index contributed by atoms with van der Waals surface area (Å²) in [6.07, 6.45) is 0. The van der Waals surface area contributed by atoms with Gasteiger partial charge in [0.25, 0.3) is 0 Å². The number of hydrogen-bond donors (Lipinski definition) is 2. The van der Waals surface area contributed by atoms with E-state index in [0.717, 1.165) is 5.56 Å². The Morgan fingerprint density at radius 2 is 2.00 bits per heavy atom. The fraction of sp³-hybridized carbons (Fsp3) is 0.364. The van der Waals surface area contributed by atoms with Gasteiger partial charge in [0.15, 0.2) is 0 Å². The van der Waals surface area contributed by atoms with Gasteiger partial charge in [0.2, 0.25) is 0 Å². The van der Waals surface area contributed by atoms with Crippen LogP contribution < -0.4 is 11.5 Å². The molecule has 4 N–H and O–H groups in total. The summed E-state index contributed by atoms with van der Waals surface area (Å²) < 4.78 is 5.36. The van der Waals surface area contributed by atoms with Gasteiger partial charge in [-0.3, -0.25) is 0 Å². The van der Waals surface area contributed by atoms with Gasteiger partial charge in [-0.15, -0.1) is 0 Å². The van der Waals surface area contributed by atoms with Gasteiger partial charge >= 0.3 is 0 Å². The molecule has 1 aromatic carbocycles. The molecular formula is C11H15N3O. The van der Waals surface area contributed by atoms with Crippen LogP contribution in [0.5, 0.6) is 0 Å². The monoisotopic (exact) mass is 205 g/mol. The zero-order valence-electron chi connectivity index (χ0n) is 8.52. The first kappa shape index (κ1) is 11.7. The number of nitrogens with two attached hydrogens (primary N) is 2. The van der Waals surface area contributed by atoms with Gasteiger partial charge in [-0.05, 0) is 17.7 Å². The van der Waals surface area contributed by atoms with Gasteiger partial charge in [-0.25, -0.2) is 0 Å². The van der Waals surface area contributed by atoms with E-state index in [9.17, 15) is 0 Å². The second kappa shape index (κ2) is 6.14. The molecule has 1 rings (SSSR count). The molecule has 0 aliphatic heterocycles. The van der Waals surface area contributed by atoms with Crippen LogP contribution in [0.15, 0.2) is 24.3 Å². The molecule has 0 saturated carbocycles. The molecule has 0 aliphatic carbocycles. The second-order valence-corrected chi connectivity index (χ2v) is 3.32. The molecule has 0 saturated heterocycles. The van der Waals surface area contributed by atoms with Crippen LogP contribution >= 0.6 is 0 Å². The SMILES string of the molecule is N#Cc1ccc(COCC(N)CN)cc1. The van der Waals surface area contributed by atoms with Gasteiger partial charge < -0.3 is 16.2 Å². The van der Waals surface area contributed by atoms with Crippen LogP contribution in [0.4, 0.5) is 0 Å². The topological polar surface area (TPSA) is 85.1 Å². The molecule has 0 amide bonds. The Kier molecular flexibility index (Phi) is 4.78. The Hall–Kier alpha value is -1.41. The standard InChI is InChI=1S/C11H15N3O/c12-5-9-1-3-10(4-2-9)7-15-8-11(14)6-13/h1-4,11H,6-8,13-14H2. The van der Waals surface area contributed by atoms with Crippen LogP contribution in [0.1, 0.15) is 11.1 Å². The quantitative estimate of drug-likeness (QED) is 0.726. The van der Waals surface area contributed by atoms with Crippen LogP contribution in [-0.2, 0) is 11.3 Å². The fourth-order valence-electron chi connectivity index (χ4n) is 1.07. The number of ether oxygens (including phenoxy) is 1. The molecule has 1 aromatic rings. The van der Waals surface area contributed by atoms with Crippen molar-refractivity contribution in [2.24, 2.45) is 11.5 Å². The largest absolute Gasteiger partial charge is 0.375 e. The summed E-state index contributed by atoms with van der Waals surface area (Å²) in [5.74, 6) is 0. The lowest BCUT2D eigenvalue weighted by Crippen LogP contribution is -2.34. The van der Waals surface area contributed by atoms with Crippen molar-refractivity contribution in [1.29, 1.82) is 5.26 Å². The van der Waals surface area contributed by atoms with Gasteiger partial charge in [0.1, 0.15) is 0 Å². The van der Waals surface area contributed by atoms with Crippen molar-refractivity contribution in [3.8, 4) is 6.07 Å². The van der Waals surface area contributed by atoms with Gasteiger partial charge in [-0.1, -0.05) is 12.1 Å². The lowest BCUT2D eigenvalue weighted by molar-refractivity contribution is 0.109. The third-order valence-electron chi connectivity index (χ3n) is 1.99. The third kappa shape index (κ3) is 4.09. The van der Waals surface area contributed by atoms with E-state index >= 15 is 0 Å². The predicted octanol–water partition coefficient (Wildman–Crippen LogP) is 0.361. The maximum atomic E-state index is 8.60. The van der Waals surface area contributed by atoms with Crippen molar-refractivity contribution in [2.75, 3.05) is 13.2 Å². The van der Waals surface area contributed by atoms with Crippen molar-refractivity contribution in [2.45, 2.75) is 12.6 Å². The van der Waals surface area contributed by atoms with E-state index in [1.54, 1.807) is 12.1 Å². The molecule has 15 heavy (non-hydrogen) atoms. The molecule has 4 nitrogen and oxygen atoms in total. The average Bonchev–Trinajstić information content (AvgIpc) is 2.29. The minimum atomic E-state index is -0.108. The van der Waals surface area contributed by atoms with Gasteiger partial charge in [0.05, 0.1) is 24.8 Å². The first-order valence-corrected chi connectivity index (χ1v) is 4.78. The highest BCUT2D eigenvalue weighted by Gasteiger charge is 1.99. The second-order valence-electron chi connectivity index (χ2n) is 3.32. The van der Waals surface area contributed by atoms with Crippen molar-refractivity contribution < 1.29 is 4.74 Å². The molecule has 0 spiro atoms. The summed E-state index contributed by atoms with van der Waals surface area (Å²) in [6, 6.07) is 9.22. The Bertz CT molecular complexity index is 329. The van der Waals surface area contributed by atoms with Crippen molar-refractivity contribution >= 4 is 0 Å². The Balaban J connectivity index is 2.35. The lowest BCUT2D eigenvalue weighted by Gasteiger charge is -2.09. The highest BCUT2D eigenvalue weighted by molar-refractivity contribution is 5.31. The average molecular weight is 205 g/mol. The van der Waals surface area contributed by atoms with Crippen LogP contribution in [0, 0.1) is 11.3 Å². The number of hydrogen-bond acceptors (Lipinski definition) is 4. The minimum absolute atomic E-state index is 0.108. The summed E-state index contributed by atoms with van der Waals surface area (Å²) in [7, 11) is 0. The van der Waals surface area contributed by atoms with Crippen LogP contribution in [-0.4, -0.2) is 19.2 Å². The molecule has 0 aromatic heterocycles. The Labute approximate surface area is 89.4 Å². The maximum Gasteiger partial charge on any atom is 0.0991 e. The summed E-state index contributed by atoms with van der Waals surface area (Å²) in [5.41, 5.74) is 12.6. The summed E-state index contributed by atoms with van der Waals surface area (Å²) >= 11 is 0. The molecule has 0 aliphatic rings. The predicted molar refractivity (Wildman–Crippen MR) is 57.8 cm³/mol. The zero-order chi connectivity index (χ0) is 11.1. The van der Waals surface area contributed by atoms with E-state index in [0.29, 0.717) is 25.3 Å². The molecule has 0 heterocycles. The van der Waals surface area contributed by atoms with Crippen LogP contribution in [0.3, 0.4) is 0 Å². The highest BCUT2D eigenvalue weighted by atomic mass is 16.5. The first-order chi connectivity index (χ1) is 7.26. The Morgan fingerprint density at radius 1 is 1.33 bits per heavy atom. The van der Waals surface area contributed by atoms with Crippen molar-refractivity contribution in [1.82, 2.24) is 0 Å². The molecule has 0 bridgehead atoms. The number of nitriles is 1. The van der Waals surface area contributed by atoms with Crippen LogP contribution in [0.2, 0.25) is 0 Å². The van der Waals surface area contributed by atoms with E-state index < -0.39 is 0 Å². The van der Waals surface area contributed by atoms with Gasteiger partial charge in [-0.2, -0.15) is 5.26 Å². The lowest BCUT2D eigenvalue weighted by atomic mass is 10.2. The van der Waals surface area contributed by atoms with Gasteiger partial charge in [0, 0.05) is 12.6 Å². The van der Waals surface area contributed by atoms with Crippen molar-refractivity contribution in [3.05, 3.63) is 35.4 Å². The third-order valence-corrected chi connectivity index (χ3v) is 1.99. The summed E-state index contributed by atoms with van der Waals surface area (Å²) in [4.78, 5) is 0. The molecule has 0 fully saturated rings. The normalized spacial score (nSPS) is 12.1. The van der Waals surface area contributed by atoms with E-state index in [-0.39, 0.29) is 6.04 Å². The molecule has 1 unspecified atom stereocenters. The highest BCUT2D eigenvalue weighted by Crippen LogP contribution is 2.04. The molecule has 4 heteroatoms.